The molecule has 6 nitrogen and oxygen atoms in total. The summed E-state index contributed by atoms with van der Waals surface area (Å²) in [6.07, 6.45) is 0.736. The van der Waals surface area contributed by atoms with Gasteiger partial charge in [-0.05, 0) is 59.9 Å². The van der Waals surface area contributed by atoms with E-state index in [0.29, 0.717) is 4.90 Å². The fourth-order valence-electron chi connectivity index (χ4n) is 5.12. The van der Waals surface area contributed by atoms with E-state index in [2.05, 4.69) is 33.4 Å². The minimum Gasteiger partial charge on any atom is -0.478 e. The molecule has 2 N–H and O–H groups in total. The van der Waals surface area contributed by atoms with Gasteiger partial charge in [0.2, 0.25) is 0 Å². The van der Waals surface area contributed by atoms with E-state index >= 15 is 0 Å². The van der Waals surface area contributed by atoms with E-state index < -0.39 is 5.97 Å². The van der Waals surface area contributed by atoms with Crippen molar-refractivity contribution in [3.05, 3.63) is 98.0 Å². The van der Waals surface area contributed by atoms with Crippen LogP contribution in [0.2, 0.25) is 0 Å². The number of carbonyl (C=O) groups is 1. The third-order valence-electron chi connectivity index (χ3n) is 6.63. The highest BCUT2D eigenvalue weighted by Crippen LogP contribution is 2.58. The molecule has 0 aromatic heterocycles. The summed E-state index contributed by atoms with van der Waals surface area (Å²) >= 11 is 12.0. The van der Waals surface area contributed by atoms with E-state index in [4.69, 9.17) is 11.6 Å². The number of halogens is 2. The Morgan fingerprint density at radius 2 is 1.88 bits per heavy atom. The number of anilines is 1. The summed E-state index contributed by atoms with van der Waals surface area (Å²) in [6, 6.07) is 20.0. The molecule has 2 aliphatic rings. The molecule has 3 aromatic carbocycles. The largest absolute Gasteiger partial charge is 0.478 e. The lowest BCUT2D eigenvalue weighted by atomic mass is 9.77. The van der Waals surface area contributed by atoms with Crippen LogP contribution in [0.4, 0.5) is 11.4 Å². The van der Waals surface area contributed by atoms with Crippen LogP contribution in [0.3, 0.4) is 0 Å². The quantitative estimate of drug-likeness (QED) is 0.197. The number of benzene rings is 3. The number of thioether (sulfide) groups is 1. The lowest BCUT2D eigenvalue weighted by molar-refractivity contribution is -0.387. The molecular weight excluding hydrogens is 540 g/mol. The smallest absolute Gasteiger partial charge is 0.335 e. The Labute approximate surface area is 214 Å². The van der Waals surface area contributed by atoms with Crippen LogP contribution < -0.4 is 5.32 Å². The summed E-state index contributed by atoms with van der Waals surface area (Å²) < 4.78 is 0.988. The van der Waals surface area contributed by atoms with E-state index in [1.54, 1.807) is 30.3 Å². The summed E-state index contributed by atoms with van der Waals surface area (Å²) in [4.78, 5) is 23.4. The van der Waals surface area contributed by atoms with Gasteiger partial charge < -0.3 is 10.4 Å². The van der Waals surface area contributed by atoms with Crippen LogP contribution >= 0.6 is 39.3 Å². The Morgan fingerprint density at radius 1 is 1.15 bits per heavy atom. The van der Waals surface area contributed by atoms with Crippen molar-refractivity contribution in [1.29, 1.82) is 0 Å². The van der Waals surface area contributed by atoms with Gasteiger partial charge in [0.1, 0.15) is 0 Å². The van der Waals surface area contributed by atoms with E-state index in [9.17, 15) is 20.0 Å². The first-order valence-corrected chi connectivity index (χ1v) is 12.9. The van der Waals surface area contributed by atoms with Crippen LogP contribution in [-0.4, -0.2) is 26.6 Å². The molecule has 34 heavy (non-hydrogen) atoms. The Morgan fingerprint density at radius 3 is 2.59 bits per heavy atom. The predicted molar refractivity (Wildman–Crippen MR) is 137 cm³/mol. The van der Waals surface area contributed by atoms with Crippen LogP contribution in [0, 0.1) is 16.0 Å². The van der Waals surface area contributed by atoms with Crippen LogP contribution in [0.5, 0.6) is 0 Å². The number of carboxylic acid groups (broad SMARTS) is 1. The molecule has 0 saturated heterocycles. The summed E-state index contributed by atoms with van der Waals surface area (Å²) in [5, 5.41) is 24.3. The standard InChI is InChI=1S/C25H20BrClN2O4S/c26-15-8-5-13(6-9-15)24-17-12-21(34-20-4-2-1-3-19(20)29(32)33)23(27)22(17)16-11-14(25(30)31)7-10-18(16)28-24/h1-11,17,21-24,28H,12H2,(H,30,31)/t17-,21+,22-,23+,24-/m0/s1. The summed E-state index contributed by atoms with van der Waals surface area (Å²) in [5.41, 5.74) is 3.18. The fraction of sp³-hybridized carbons (Fsp3) is 0.240. The number of hydrogen-bond acceptors (Lipinski definition) is 5. The molecule has 9 heteroatoms. The maximum absolute atomic E-state index is 11.7. The zero-order valence-corrected chi connectivity index (χ0v) is 20.9. The number of para-hydroxylation sites is 1. The molecule has 174 valence electrons. The zero-order valence-electron chi connectivity index (χ0n) is 17.7. The predicted octanol–water partition coefficient (Wildman–Crippen LogP) is 7.09. The molecular formula is C25H20BrClN2O4S. The van der Waals surface area contributed by atoms with Gasteiger partial charge in [0, 0.05) is 27.4 Å². The van der Waals surface area contributed by atoms with Crippen LogP contribution in [-0.2, 0) is 0 Å². The number of fused-ring (bicyclic) bond motifs is 3. The number of nitro groups is 1. The van der Waals surface area contributed by atoms with Gasteiger partial charge in [-0.15, -0.1) is 23.4 Å². The first kappa shape index (κ1) is 23.2. The SMILES string of the molecule is O=C(O)c1ccc2c(c1)[C@@H]1[C@H](Cl)[C@H](Sc3ccccc3[N+](=O)[O-])C[C@@H]1[C@H](c1ccc(Br)cc1)N2. The highest BCUT2D eigenvalue weighted by atomic mass is 79.9. The molecule has 0 amide bonds. The second-order valence-electron chi connectivity index (χ2n) is 8.53. The van der Waals surface area contributed by atoms with Gasteiger partial charge in [0.15, 0.2) is 0 Å². The molecule has 0 bridgehead atoms. The zero-order chi connectivity index (χ0) is 24.0. The van der Waals surface area contributed by atoms with Gasteiger partial charge in [-0.1, -0.05) is 40.2 Å². The average Bonchev–Trinajstić information content (AvgIpc) is 3.15. The van der Waals surface area contributed by atoms with Crippen molar-refractivity contribution in [2.24, 2.45) is 5.92 Å². The Balaban J connectivity index is 1.55. The molecule has 5 rings (SSSR count). The second kappa shape index (κ2) is 9.24. The van der Waals surface area contributed by atoms with Gasteiger partial charge in [-0.25, -0.2) is 4.79 Å². The lowest BCUT2D eigenvalue weighted by Crippen LogP contribution is -2.31. The number of nitro benzene ring substituents is 1. The van der Waals surface area contributed by atoms with E-state index in [1.165, 1.54) is 17.8 Å². The average molecular weight is 560 g/mol. The maximum Gasteiger partial charge on any atom is 0.335 e. The molecule has 0 unspecified atom stereocenters. The molecule has 1 heterocycles. The van der Waals surface area contributed by atoms with Crippen LogP contribution in [0.1, 0.15) is 39.9 Å². The third-order valence-corrected chi connectivity index (χ3v) is 9.27. The van der Waals surface area contributed by atoms with Gasteiger partial charge in [0.25, 0.3) is 5.69 Å². The fourth-order valence-corrected chi connectivity index (χ4v) is 7.33. The minimum atomic E-state index is -0.982. The molecule has 1 fully saturated rings. The normalized spacial score (nSPS) is 25.2. The number of nitrogens with one attached hydrogen (secondary N) is 1. The monoisotopic (exact) mass is 558 g/mol. The summed E-state index contributed by atoms with van der Waals surface area (Å²) in [6.45, 7) is 0. The van der Waals surface area contributed by atoms with Crippen molar-refractivity contribution in [2.75, 3.05) is 5.32 Å². The number of carboxylic acids is 1. The minimum absolute atomic E-state index is 0.0149. The van der Waals surface area contributed by atoms with Crippen molar-refractivity contribution in [3.8, 4) is 0 Å². The molecule has 1 aliphatic carbocycles. The van der Waals surface area contributed by atoms with Crippen molar-refractivity contribution in [3.63, 3.8) is 0 Å². The lowest BCUT2D eigenvalue weighted by Gasteiger charge is -2.38. The highest BCUT2D eigenvalue weighted by Gasteiger charge is 2.50. The number of nitrogens with zero attached hydrogens (tertiary/aromatic N) is 1. The van der Waals surface area contributed by atoms with Crippen molar-refractivity contribution < 1.29 is 14.8 Å². The van der Waals surface area contributed by atoms with Crippen molar-refractivity contribution in [1.82, 2.24) is 0 Å². The van der Waals surface area contributed by atoms with Gasteiger partial charge >= 0.3 is 5.97 Å². The third kappa shape index (κ3) is 4.19. The second-order valence-corrected chi connectivity index (χ2v) is 11.2. The highest BCUT2D eigenvalue weighted by molar-refractivity contribution is 9.10. The molecule has 3 aromatic rings. The van der Waals surface area contributed by atoms with Gasteiger partial charge in [-0.2, -0.15) is 0 Å². The van der Waals surface area contributed by atoms with Crippen LogP contribution in [0.15, 0.2) is 76.1 Å². The van der Waals surface area contributed by atoms with Gasteiger partial charge in [-0.3, -0.25) is 10.1 Å². The number of hydrogen-bond donors (Lipinski definition) is 2. The summed E-state index contributed by atoms with van der Waals surface area (Å²) in [7, 11) is 0. The molecule has 1 aliphatic heterocycles. The molecule has 0 spiro atoms. The van der Waals surface area contributed by atoms with Crippen molar-refractivity contribution in [2.45, 2.75) is 33.9 Å². The van der Waals surface area contributed by atoms with E-state index in [0.717, 1.165) is 27.7 Å². The van der Waals surface area contributed by atoms with E-state index in [1.807, 2.05) is 18.2 Å². The maximum atomic E-state index is 11.7. The Hall–Kier alpha value is -2.55. The summed E-state index contributed by atoms with van der Waals surface area (Å²) in [5.74, 6) is -0.976. The number of rotatable bonds is 5. The first-order valence-electron chi connectivity index (χ1n) is 10.8. The Kier molecular flexibility index (Phi) is 6.31. The molecule has 5 atom stereocenters. The first-order chi connectivity index (χ1) is 16.3. The topological polar surface area (TPSA) is 92.5 Å². The number of aromatic carboxylic acids is 1. The van der Waals surface area contributed by atoms with Crippen LogP contribution in [0.25, 0.3) is 0 Å². The molecule has 0 radical (unpaired) electrons. The Bertz CT molecular complexity index is 1270. The van der Waals surface area contributed by atoms with E-state index in [-0.39, 0.29) is 44.7 Å². The number of alkyl halides is 1. The van der Waals surface area contributed by atoms with Gasteiger partial charge in [0.05, 0.1) is 26.8 Å². The van der Waals surface area contributed by atoms with Crippen molar-refractivity contribution >= 4 is 56.6 Å². The molecule has 1 saturated carbocycles.